The van der Waals surface area contributed by atoms with Crippen LogP contribution in [0.25, 0.3) is 0 Å². The van der Waals surface area contributed by atoms with Gasteiger partial charge in [0.05, 0.1) is 11.7 Å². The second kappa shape index (κ2) is 7.68. The highest BCUT2D eigenvalue weighted by molar-refractivity contribution is 7.11. The van der Waals surface area contributed by atoms with E-state index in [1.165, 1.54) is 28.5 Å². The Morgan fingerprint density at radius 1 is 1.33 bits per heavy atom. The van der Waals surface area contributed by atoms with Gasteiger partial charge in [0.2, 0.25) is 0 Å². The fourth-order valence-corrected chi connectivity index (χ4v) is 4.06. The highest BCUT2D eigenvalue weighted by Crippen LogP contribution is 2.29. The molecule has 0 spiro atoms. The summed E-state index contributed by atoms with van der Waals surface area (Å²) >= 11 is 1.91. The largest absolute Gasteiger partial charge is 0.310 e. The number of aryl methyl sites for hydroxylation is 1. The van der Waals surface area contributed by atoms with Crippen LogP contribution in [0.5, 0.6) is 0 Å². The lowest BCUT2D eigenvalue weighted by atomic mass is 10.2. The molecule has 1 aliphatic heterocycles. The van der Waals surface area contributed by atoms with Crippen LogP contribution in [0.4, 0.5) is 0 Å². The molecule has 1 fully saturated rings. The lowest BCUT2D eigenvalue weighted by Gasteiger charge is -2.25. The second-order valence-electron chi connectivity index (χ2n) is 6.42. The summed E-state index contributed by atoms with van der Waals surface area (Å²) in [7, 11) is 4.46. The Balaban J connectivity index is 2.17. The van der Waals surface area contributed by atoms with Gasteiger partial charge in [-0.3, -0.25) is 4.90 Å². The predicted molar refractivity (Wildman–Crippen MR) is 91.0 cm³/mol. The molecule has 1 aromatic rings. The predicted octanol–water partition coefficient (Wildman–Crippen LogP) is 2.51. The minimum absolute atomic E-state index is 0.445. The molecule has 1 unspecified atom stereocenters. The SMILES string of the molecule is CCc1nc(C2CN(C)CCCN2C)sc1CNC(C)C. The number of nitrogens with one attached hydrogen (secondary N) is 1. The quantitative estimate of drug-likeness (QED) is 0.905. The van der Waals surface area contributed by atoms with Crippen LogP contribution in [0.3, 0.4) is 0 Å². The van der Waals surface area contributed by atoms with E-state index in [2.05, 4.69) is 50.0 Å². The molecule has 120 valence electrons. The number of likely N-dealkylation sites (N-methyl/N-ethyl adjacent to an activating group) is 2. The van der Waals surface area contributed by atoms with Gasteiger partial charge in [0.1, 0.15) is 5.01 Å². The molecule has 1 atom stereocenters. The van der Waals surface area contributed by atoms with Crippen LogP contribution in [0.15, 0.2) is 0 Å². The first-order valence-electron chi connectivity index (χ1n) is 8.11. The maximum Gasteiger partial charge on any atom is 0.112 e. The molecule has 1 aliphatic rings. The van der Waals surface area contributed by atoms with Crippen molar-refractivity contribution in [3.8, 4) is 0 Å². The van der Waals surface area contributed by atoms with Crippen molar-refractivity contribution in [2.45, 2.75) is 52.2 Å². The molecule has 1 aromatic heterocycles. The van der Waals surface area contributed by atoms with Gasteiger partial charge in [-0.1, -0.05) is 20.8 Å². The fourth-order valence-electron chi connectivity index (χ4n) is 2.80. The minimum atomic E-state index is 0.445. The van der Waals surface area contributed by atoms with E-state index in [1.807, 2.05) is 11.3 Å². The molecular weight excluding hydrogens is 280 g/mol. The summed E-state index contributed by atoms with van der Waals surface area (Å²) in [4.78, 5) is 11.3. The molecule has 5 heteroatoms. The van der Waals surface area contributed by atoms with Crippen LogP contribution in [0.2, 0.25) is 0 Å². The van der Waals surface area contributed by atoms with Crippen LogP contribution in [-0.2, 0) is 13.0 Å². The van der Waals surface area contributed by atoms with E-state index in [9.17, 15) is 0 Å². The zero-order chi connectivity index (χ0) is 15.4. The van der Waals surface area contributed by atoms with Gasteiger partial charge in [0.25, 0.3) is 0 Å². The highest BCUT2D eigenvalue weighted by atomic mass is 32.1. The first-order valence-corrected chi connectivity index (χ1v) is 8.93. The summed E-state index contributed by atoms with van der Waals surface area (Å²) in [5, 5.41) is 4.83. The van der Waals surface area contributed by atoms with E-state index in [0.29, 0.717) is 12.1 Å². The van der Waals surface area contributed by atoms with Gasteiger partial charge in [-0.15, -0.1) is 11.3 Å². The summed E-state index contributed by atoms with van der Waals surface area (Å²) in [6.07, 6.45) is 2.27. The number of aromatic nitrogens is 1. The Morgan fingerprint density at radius 3 is 2.76 bits per heavy atom. The van der Waals surface area contributed by atoms with E-state index in [0.717, 1.165) is 26.1 Å². The molecule has 2 heterocycles. The van der Waals surface area contributed by atoms with Crippen molar-refractivity contribution in [2.24, 2.45) is 0 Å². The van der Waals surface area contributed by atoms with Crippen molar-refractivity contribution < 1.29 is 0 Å². The molecule has 1 saturated heterocycles. The van der Waals surface area contributed by atoms with Gasteiger partial charge in [0, 0.05) is 24.0 Å². The van der Waals surface area contributed by atoms with E-state index in [1.54, 1.807) is 0 Å². The topological polar surface area (TPSA) is 31.4 Å². The second-order valence-corrected chi connectivity index (χ2v) is 7.54. The summed E-state index contributed by atoms with van der Waals surface area (Å²) in [5.41, 5.74) is 1.28. The standard InChI is InChI=1S/C16H30N4S/c1-6-13-15(10-17-12(2)3)21-16(18-13)14-11-19(4)8-7-9-20(14)5/h12,14,17H,6-11H2,1-5H3. The van der Waals surface area contributed by atoms with Crippen molar-refractivity contribution in [1.29, 1.82) is 0 Å². The summed E-state index contributed by atoms with van der Waals surface area (Å²) in [6.45, 7) is 11.0. The van der Waals surface area contributed by atoms with Crippen molar-refractivity contribution in [1.82, 2.24) is 20.1 Å². The number of rotatable bonds is 5. The number of nitrogens with zero attached hydrogens (tertiary/aromatic N) is 3. The average molecular weight is 311 g/mol. The summed E-state index contributed by atoms with van der Waals surface area (Å²) in [5.74, 6) is 0. The Kier molecular flexibility index (Phi) is 6.17. The van der Waals surface area contributed by atoms with Gasteiger partial charge in [0.15, 0.2) is 0 Å². The Labute approximate surface area is 133 Å². The van der Waals surface area contributed by atoms with E-state index in [4.69, 9.17) is 4.98 Å². The van der Waals surface area contributed by atoms with E-state index < -0.39 is 0 Å². The molecule has 0 saturated carbocycles. The zero-order valence-electron chi connectivity index (χ0n) is 14.1. The molecule has 4 nitrogen and oxygen atoms in total. The van der Waals surface area contributed by atoms with Gasteiger partial charge in [-0.2, -0.15) is 0 Å². The molecule has 0 bridgehead atoms. The normalized spacial score (nSPS) is 21.9. The van der Waals surface area contributed by atoms with Gasteiger partial charge in [-0.25, -0.2) is 4.98 Å². The Morgan fingerprint density at radius 2 is 2.10 bits per heavy atom. The molecule has 0 amide bonds. The number of thiazole rings is 1. The Bertz CT molecular complexity index is 443. The summed E-state index contributed by atoms with van der Waals surface area (Å²) < 4.78 is 0. The van der Waals surface area contributed by atoms with Crippen molar-refractivity contribution in [3.05, 3.63) is 15.6 Å². The summed E-state index contributed by atoms with van der Waals surface area (Å²) in [6, 6.07) is 0.965. The van der Waals surface area contributed by atoms with Crippen LogP contribution in [-0.4, -0.2) is 54.6 Å². The molecule has 0 aromatic carbocycles. The third-order valence-corrected chi connectivity index (χ3v) is 5.35. The lowest BCUT2D eigenvalue weighted by Crippen LogP contribution is -2.30. The fraction of sp³-hybridized carbons (Fsp3) is 0.812. The molecule has 0 aliphatic carbocycles. The average Bonchev–Trinajstić information content (AvgIpc) is 2.77. The van der Waals surface area contributed by atoms with Gasteiger partial charge < -0.3 is 10.2 Å². The van der Waals surface area contributed by atoms with Crippen molar-refractivity contribution in [2.75, 3.05) is 33.7 Å². The smallest absolute Gasteiger partial charge is 0.112 e. The van der Waals surface area contributed by atoms with Gasteiger partial charge >= 0.3 is 0 Å². The van der Waals surface area contributed by atoms with Crippen molar-refractivity contribution >= 4 is 11.3 Å². The highest BCUT2D eigenvalue weighted by Gasteiger charge is 2.25. The first-order chi connectivity index (χ1) is 10.0. The maximum absolute atomic E-state index is 4.97. The van der Waals surface area contributed by atoms with E-state index in [-0.39, 0.29) is 0 Å². The van der Waals surface area contributed by atoms with Gasteiger partial charge in [-0.05, 0) is 40.0 Å². The third-order valence-electron chi connectivity index (χ3n) is 4.15. The van der Waals surface area contributed by atoms with Crippen molar-refractivity contribution in [3.63, 3.8) is 0 Å². The monoisotopic (exact) mass is 310 g/mol. The zero-order valence-corrected chi connectivity index (χ0v) is 15.0. The molecule has 21 heavy (non-hydrogen) atoms. The third kappa shape index (κ3) is 4.49. The molecule has 2 rings (SSSR count). The first kappa shape index (κ1) is 16.9. The molecular formula is C16H30N4S. The van der Waals surface area contributed by atoms with Crippen LogP contribution < -0.4 is 5.32 Å². The van der Waals surface area contributed by atoms with Crippen LogP contribution in [0, 0.1) is 0 Å². The molecule has 1 N–H and O–H groups in total. The van der Waals surface area contributed by atoms with Crippen LogP contribution in [0.1, 0.15) is 48.8 Å². The number of hydrogen-bond acceptors (Lipinski definition) is 5. The van der Waals surface area contributed by atoms with Crippen LogP contribution >= 0.6 is 11.3 Å². The van der Waals surface area contributed by atoms with E-state index >= 15 is 0 Å². The molecule has 0 radical (unpaired) electrons. The minimum Gasteiger partial charge on any atom is -0.310 e. The Hall–Kier alpha value is -0.490. The number of hydrogen-bond donors (Lipinski definition) is 1. The lowest BCUT2D eigenvalue weighted by molar-refractivity contribution is 0.228. The maximum atomic E-state index is 4.97.